The van der Waals surface area contributed by atoms with Gasteiger partial charge in [0.25, 0.3) is 5.91 Å². The zero-order valence-electron chi connectivity index (χ0n) is 16.3. The number of ketones is 1. The minimum Gasteiger partial charge on any atom is -0.491 e. The number of Topliss-reactive ketones (excluding diaryl/α,β-unsaturated/α-hetero) is 1. The van der Waals surface area contributed by atoms with Gasteiger partial charge in [0.1, 0.15) is 16.3 Å². The topological polar surface area (TPSA) is 93.3 Å². The van der Waals surface area contributed by atoms with Gasteiger partial charge in [-0.3, -0.25) is 14.9 Å². The van der Waals surface area contributed by atoms with Crippen molar-refractivity contribution >= 4 is 44.8 Å². The van der Waals surface area contributed by atoms with Gasteiger partial charge in [-0.1, -0.05) is 17.4 Å². The molecule has 0 radical (unpaired) electrons. The molecule has 3 aromatic rings. The molecular formula is C22H21N3O4S. The Morgan fingerprint density at radius 3 is 2.83 bits per heavy atom. The molecule has 0 saturated carbocycles. The highest BCUT2D eigenvalue weighted by molar-refractivity contribution is 7.18. The van der Waals surface area contributed by atoms with E-state index in [2.05, 4.69) is 15.3 Å². The van der Waals surface area contributed by atoms with Crippen LogP contribution in [0.1, 0.15) is 45.0 Å². The molecule has 2 N–H and O–H groups in total. The Hall–Kier alpha value is -2.97. The summed E-state index contributed by atoms with van der Waals surface area (Å²) in [5.41, 5.74) is 1.98. The average Bonchev–Trinajstić information content (AvgIpc) is 3.53. The van der Waals surface area contributed by atoms with E-state index in [1.807, 2.05) is 24.3 Å². The maximum Gasteiger partial charge on any atom is 0.258 e. The second-order valence-electron chi connectivity index (χ2n) is 7.35. The quantitative estimate of drug-likeness (QED) is 0.599. The molecule has 1 aromatic carbocycles. The highest BCUT2D eigenvalue weighted by Crippen LogP contribution is 2.35. The van der Waals surface area contributed by atoms with Crippen LogP contribution in [0.2, 0.25) is 0 Å². The van der Waals surface area contributed by atoms with E-state index in [-0.39, 0.29) is 17.6 Å². The van der Waals surface area contributed by atoms with E-state index in [9.17, 15) is 9.59 Å². The van der Waals surface area contributed by atoms with Crippen LogP contribution in [-0.2, 0) is 9.47 Å². The van der Waals surface area contributed by atoms with Gasteiger partial charge < -0.3 is 14.5 Å². The third kappa shape index (κ3) is 3.53. The van der Waals surface area contributed by atoms with Crippen molar-refractivity contribution in [3.05, 3.63) is 52.7 Å². The predicted molar refractivity (Wildman–Crippen MR) is 115 cm³/mol. The number of ether oxygens (including phenoxy) is 2. The van der Waals surface area contributed by atoms with E-state index in [1.165, 1.54) is 11.3 Å². The molecule has 0 aliphatic carbocycles. The molecule has 0 bridgehead atoms. The summed E-state index contributed by atoms with van der Waals surface area (Å²) in [5.74, 6) is 0.328. The number of hydrogen-bond acceptors (Lipinski definition) is 6. The lowest BCUT2D eigenvalue weighted by Gasteiger charge is -2.20. The molecule has 5 rings (SSSR count). The summed E-state index contributed by atoms with van der Waals surface area (Å²) < 4.78 is 11.1. The van der Waals surface area contributed by atoms with Crippen LogP contribution in [-0.4, -0.2) is 41.5 Å². The minimum atomic E-state index is -0.258. The summed E-state index contributed by atoms with van der Waals surface area (Å²) in [4.78, 5) is 34.4. The Bertz CT molecular complexity index is 1140. The summed E-state index contributed by atoms with van der Waals surface area (Å²) in [6, 6.07) is 7.39. The van der Waals surface area contributed by atoms with E-state index in [0.717, 1.165) is 17.3 Å². The van der Waals surface area contributed by atoms with Gasteiger partial charge in [-0.15, -0.1) is 0 Å². The first kappa shape index (κ1) is 19.0. The SMILES string of the molecule is O=C(Nc1nc(C2=CCCO2)c(C(=O)C2CCOCC2)s1)c1cccc2[nH]ccc12. The second-order valence-corrected chi connectivity index (χ2v) is 8.35. The van der Waals surface area contributed by atoms with Gasteiger partial charge in [-0.05, 0) is 37.1 Å². The Morgan fingerprint density at radius 2 is 2.03 bits per heavy atom. The number of aromatic amines is 1. The molecule has 7 nitrogen and oxygen atoms in total. The number of hydrogen-bond donors (Lipinski definition) is 2. The molecule has 0 unspecified atom stereocenters. The molecule has 1 amide bonds. The predicted octanol–water partition coefficient (Wildman–Crippen LogP) is 4.25. The molecule has 2 aliphatic rings. The lowest BCUT2D eigenvalue weighted by Crippen LogP contribution is -2.23. The van der Waals surface area contributed by atoms with Crippen molar-refractivity contribution in [3.63, 3.8) is 0 Å². The number of H-pyrrole nitrogens is 1. The van der Waals surface area contributed by atoms with Crippen molar-refractivity contribution in [2.45, 2.75) is 19.3 Å². The van der Waals surface area contributed by atoms with Crippen molar-refractivity contribution in [3.8, 4) is 0 Å². The third-order valence-electron chi connectivity index (χ3n) is 5.44. The number of carbonyl (C=O) groups is 2. The molecule has 8 heteroatoms. The van der Waals surface area contributed by atoms with Crippen molar-refractivity contribution in [2.75, 3.05) is 25.1 Å². The first-order valence-corrected chi connectivity index (χ1v) is 10.9. The van der Waals surface area contributed by atoms with Crippen LogP contribution in [0.5, 0.6) is 0 Å². The minimum absolute atomic E-state index is 0.0513. The second kappa shape index (κ2) is 8.04. The summed E-state index contributed by atoms with van der Waals surface area (Å²) >= 11 is 1.22. The van der Waals surface area contributed by atoms with E-state index in [0.29, 0.717) is 59.7 Å². The van der Waals surface area contributed by atoms with Gasteiger partial charge >= 0.3 is 0 Å². The van der Waals surface area contributed by atoms with Crippen molar-refractivity contribution in [1.82, 2.24) is 9.97 Å². The molecule has 30 heavy (non-hydrogen) atoms. The van der Waals surface area contributed by atoms with Crippen LogP contribution in [0.25, 0.3) is 16.7 Å². The lowest BCUT2D eigenvalue weighted by molar-refractivity contribution is 0.0547. The first-order chi connectivity index (χ1) is 14.7. The normalized spacial score (nSPS) is 17.0. The Kier molecular flexibility index (Phi) is 5.10. The maximum atomic E-state index is 13.2. The molecule has 0 atom stereocenters. The van der Waals surface area contributed by atoms with E-state index in [4.69, 9.17) is 9.47 Å². The number of nitrogens with one attached hydrogen (secondary N) is 2. The number of benzene rings is 1. The molecule has 1 fully saturated rings. The number of amides is 1. The molecule has 4 heterocycles. The summed E-state index contributed by atoms with van der Waals surface area (Å²) in [7, 11) is 0. The molecule has 0 spiro atoms. The van der Waals surface area contributed by atoms with Crippen LogP contribution in [0.3, 0.4) is 0 Å². The number of thiazole rings is 1. The fourth-order valence-electron chi connectivity index (χ4n) is 3.88. The van der Waals surface area contributed by atoms with Crippen LogP contribution in [0.15, 0.2) is 36.5 Å². The molecule has 154 valence electrons. The standard InChI is InChI=1S/C22H21N3O4S/c26-19(13-7-11-28-12-8-13)20-18(17-5-2-10-29-17)24-22(30-20)25-21(27)15-3-1-4-16-14(15)6-9-23-16/h1,3-6,9,13,23H,2,7-8,10-12H2,(H,24,25,27). The summed E-state index contributed by atoms with van der Waals surface area (Å²) in [6.45, 7) is 1.76. The van der Waals surface area contributed by atoms with E-state index >= 15 is 0 Å². The zero-order chi connectivity index (χ0) is 20.5. The molecule has 2 aromatic heterocycles. The number of fused-ring (bicyclic) bond motifs is 1. The summed E-state index contributed by atoms with van der Waals surface area (Å²) in [5, 5.41) is 4.11. The van der Waals surface area contributed by atoms with Crippen molar-refractivity contribution < 1.29 is 19.1 Å². The number of carbonyl (C=O) groups excluding carboxylic acids is 2. The Balaban J connectivity index is 1.46. The van der Waals surface area contributed by atoms with Crippen molar-refractivity contribution in [2.24, 2.45) is 5.92 Å². The van der Waals surface area contributed by atoms with E-state index < -0.39 is 0 Å². The van der Waals surface area contributed by atoms with E-state index in [1.54, 1.807) is 12.3 Å². The van der Waals surface area contributed by atoms with Gasteiger partial charge in [-0.25, -0.2) is 4.98 Å². The number of nitrogens with zero attached hydrogens (tertiary/aromatic N) is 1. The zero-order valence-corrected chi connectivity index (χ0v) is 17.1. The highest BCUT2D eigenvalue weighted by Gasteiger charge is 2.30. The average molecular weight is 423 g/mol. The third-order valence-corrected chi connectivity index (χ3v) is 6.43. The van der Waals surface area contributed by atoms with Crippen LogP contribution in [0, 0.1) is 5.92 Å². The number of aromatic nitrogens is 2. The van der Waals surface area contributed by atoms with Gasteiger partial charge in [0.2, 0.25) is 0 Å². The fourth-order valence-corrected chi connectivity index (χ4v) is 4.87. The van der Waals surface area contributed by atoms with Crippen LogP contribution >= 0.6 is 11.3 Å². The van der Waals surface area contributed by atoms with Crippen LogP contribution < -0.4 is 5.32 Å². The first-order valence-electron chi connectivity index (χ1n) is 10.0. The van der Waals surface area contributed by atoms with Crippen LogP contribution in [0.4, 0.5) is 5.13 Å². The Morgan fingerprint density at radius 1 is 1.17 bits per heavy atom. The van der Waals surface area contributed by atoms with Gasteiger partial charge in [0, 0.05) is 48.2 Å². The Labute approximate surface area is 177 Å². The largest absolute Gasteiger partial charge is 0.491 e. The molecule has 1 saturated heterocycles. The van der Waals surface area contributed by atoms with Crippen molar-refractivity contribution in [1.29, 1.82) is 0 Å². The van der Waals surface area contributed by atoms with Gasteiger partial charge in [0.05, 0.1) is 6.61 Å². The smallest absolute Gasteiger partial charge is 0.258 e. The number of rotatable bonds is 5. The number of anilines is 1. The maximum absolute atomic E-state index is 13.2. The van der Waals surface area contributed by atoms with Gasteiger partial charge in [0.15, 0.2) is 10.9 Å². The monoisotopic (exact) mass is 423 g/mol. The molecule has 2 aliphatic heterocycles. The lowest BCUT2D eigenvalue weighted by atomic mass is 9.94. The van der Waals surface area contributed by atoms with Gasteiger partial charge in [-0.2, -0.15) is 0 Å². The fraction of sp³-hybridized carbons (Fsp3) is 0.318. The summed E-state index contributed by atoms with van der Waals surface area (Å²) in [6.07, 6.45) is 5.94. The molecular weight excluding hydrogens is 402 g/mol. The highest BCUT2D eigenvalue weighted by atomic mass is 32.1.